The molecule has 0 N–H and O–H groups in total. The molecule has 1 unspecified atom stereocenters. The second-order valence-electron chi connectivity index (χ2n) is 7.26. The van der Waals surface area contributed by atoms with E-state index in [1.54, 1.807) is 38.1 Å². The highest BCUT2D eigenvalue weighted by molar-refractivity contribution is 5.94. The number of ether oxygens (including phenoxy) is 1. The number of ketones is 2. The van der Waals surface area contributed by atoms with Gasteiger partial charge in [-0.25, -0.2) is 0 Å². The highest BCUT2D eigenvalue weighted by atomic mass is 16.5. The van der Waals surface area contributed by atoms with Gasteiger partial charge in [0.15, 0.2) is 17.7 Å². The molecule has 1 atom stereocenters. The number of hydrogen-bond donors (Lipinski definition) is 0. The van der Waals surface area contributed by atoms with E-state index in [4.69, 9.17) is 4.74 Å². The van der Waals surface area contributed by atoms with Crippen LogP contribution in [0.15, 0.2) is 48.5 Å². The third-order valence-corrected chi connectivity index (χ3v) is 5.15. The number of benzene rings is 2. The molecule has 0 aliphatic carbocycles. The number of Topliss-reactive ketones (excluding diaryl/α,β-unsaturated/α-hetero) is 2. The molecular formula is C23H26N2O4. The number of piperazine rings is 1. The number of hydrogen-bond acceptors (Lipinski definition) is 5. The maximum atomic E-state index is 12.7. The molecule has 1 amide bonds. The van der Waals surface area contributed by atoms with Crippen LogP contribution in [0.3, 0.4) is 0 Å². The Bertz CT molecular complexity index is 882. The zero-order valence-electron chi connectivity index (χ0n) is 17.1. The largest absolute Gasteiger partial charge is 0.481 e. The van der Waals surface area contributed by atoms with Gasteiger partial charge in [0.1, 0.15) is 5.75 Å². The third kappa shape index (κ3) is 5.02. The zero-order valence-corrected chi connectivity index (χ0v) is 17.1. The van der Waals surface area contributed by atoms with E-state index in [0.29, 0.717) is 30.0 Å². The topological polar surface area (TPSA) is 66.9 Å². The van der Waals surface area contributed by atoms with Crippen molar-refractivity contribution in [3.63, 3.8) is 0 Å². The average molecular weight is 394 g/mol. The quantitative estimate of drug-likeness (QED) is 0.704. The molecule has 1 aliphatic rings. The highest BCUT2D eigenvalue weighted by Crippen LogP contribution is 2.19. The summed E-state index contributed by atoms with van der Waals surface area (Å²) in [6, 6.07) is 14.4. The molecule has 2 aromatic rings. The fraction of sp³-hybridized carbons (Fsp3) is 0.348. The molecule has 152 valence electrons. The van der Waals surface area contributed by atoms with Gasteiger partial charge in [-0.1, -0.05) is 0 Å². The van der Waals surface area contributed by atoms with Crippen LogP contribution in [0.5, 0.6) is 5.75 Å². The maximum Gasteiger partial charge on any atom is 0.263 e. The van der Waals surface area contributed by atoms with E-state index in [1.807, 2.05) is 29.2 Å². The number of rotatable bonds is 6. The molecule has 1 fully saturated rings. The van der Waals surface area contributed by atoms with Gasteiger partial charge in [0, 0.05) is 43.0 Å². The van der Waals surface area contributed by atoms with E-state index in [-0.39, 0.29) is 17.5 Å². The lowest BCUT2D eigenvalue weighted by Crippen LogP contribution is -2.52. The minimum Gasteiger partial charge on any atom is -0.481 e. The Balaban J connectivity index is 1.53. The number of anilines is 1. The molecule has 0 bridgehead atoms. The summed E-state index contributed by atoms with van der Waals surface area (Å²) >= 11 is 0. The van der Waals surface area contributed by atoms with Crippen molar-refractivity contribution in [1.29, 1.82) is 0 Å². The summed E-state index contributed by atoms with van der Waals surface area (Å²) in [5.41, 5.74) is 2.37. The summed E-state index contributed by atoms with van der Waals surface area (Å²) in [6.45, 7) is 7.50. The zero-order chi connectivity index (χ0) is 21.0. The van der Waals surface area contributed by atoms with Crippen molar-refractivity contribution in [1.82, 2.24) is 4.90 Å². The van der Waals surface area contributed by atoms with Crippen LogP contribution in [0.25, 0.3) is 0 Å². The van der Waals surface area contributed by atoms with Crippen molar-refractivity contribution in [3.05, 3.63) is 59.7 Å². The van der Waals surface area contributed by atoms with Crippen molar-refractivity contribution in [2.45, 2.75) is 26.9 Å². The van der Waals surface area contributed by atoms with Gasteiger partial charge in [-0.2, -0.15) is 0 Å². The molecule has 1 heterocycles. The predicted octanol–water partition coefficient (Wildman–Crippen LogP) is 3.21. The molecule has 0 saturated carbocycles. The minimum atomic E-state index is -0.598. The predicted molar refractivity (Wildman–Crippen MR) is 112 cm³/mol. The third-order valence-electron chi connectivity index (χ3n) is 5.15. The number of carbonyl (C=O) groups excluding carboxylic acids is 3. The monoisotopic (exact) mass is 394 g/mol. The van der Waals surface area contributed by atoms with Crippen molar-refractivity contribution >= 4 is 23.2 Å². The summed E-state index contributed by atoms with van der Waals surface area (Å²) in [5.74, 6) is 0.568. The van der Waals surface area contributed by atoms with Crippen molar-refractivity contribution in [3.8, 4) is 5.75 Å². The summed E-state index contributed by atoms with van der Waals surface area (Å²) in [4.78, 5) is 39.5. The van der Waals surface area contributed by atoms with E-state index >= 15 is 0 Å². The molecular weight excluding hydrogens is 368 g/mol. The second-order valence-corrected chi connectivity index (χ2v) is 7.26. The molecule has 1 aliphatic heterocycles. The van der Waals surface area contributed by atoms with Gasteiger partial charge in [-0.3, -0.25) is 14.4 Å². The Labute approximate surface area is 171 Å². The normalized spacial score (nSPS) is 15.0. The Morgan fingerprint density at radius 3 is 1.76 bits per heavy atom. The van der Waals surface area contributed by atoms with Gasteiger partial charge in [-0.05, 0) is 69.3 Å². The Morgan fingerprint density at radius 2 is 1.28 bits per heavy atom. The second kappa shape index (κ2) is 8.90. The van der Waals surface area contributed by atoms with Gasteiger partial charge in [0.05, 0.1) is 0 Å². The number of nitrogens with zero attached hydrogens (tertiary/aromatic N) is 2. The molecule has 6 nitrogen and oxygen atoms in total. The summed E-state index contributed by atoms with van der Waals surface area (Å²) < 4.78 is 5.76. The first-order valence-electron chi connectivity index (χ1n) is 9.77. The highest BCUT2D eigenvalue weighted by Gasteiger charge is 2.26. The first-order chi connectivity index (χ1) is 13.8. The molecule has 0 aromatic heterocycles. The van der Waals surface area contributed by atoms with Crippen molar-refractivity contribution in [2.75, 3.05) is 31.1 Å². The number of amides is 1. The Kier molecular flexibility index (Phi) is 6.32. The van der Waals surface area contributed by atoms with Crippen LogP contribution in [-0.4, -0.2) is 54.7 Å². The van der Waals surface area contributed by atoms with Crippen LogP contribution in [0.4, 0.5) is 5.69 Å². The standard InChI is InChI=1S/C23H26N2O4/c1-16(26)19-4-8-21(9-5-19)24-12-14-25(15-13-24)23(28)18(3)29-22-10-6-20(7-11-22)17(2)27/h4-11,18H,12-15H2,1-3H3. The minimum absolute atomic E-state index is 0.00511. The van der Waals surface area contributed by atoms with Crippen LogP contribution < -0.4 is 9.64 Å². The van der Waals surface area contributed by atoms with Gasteiger partial charge >= 0.3 is 0 Å². The summed E-state index contributed by atoms with van der Waals surface area (Å²) in [5, 5.41) is 0. The van der Waals surface area contributed by atoms with Crippen LogP contribution in [-0.2, 0) is 4.79 Å². The van der Waals surface area contributed by atoms with Gasteiger partial charge in [0.25, 0.3) is 5.91 Å². The lowest BCUT2D eigenvalue weighted by molar-refractivity contribution is -0.138. The first kappa shape index (κ1) is 20.6. The van der Waals surface area contributed by atoms with Crippen LogP contribution in [0.2, 0.25) is 0 Å². The molecule has 3 rings (SSSR count). The van der Waals surface area contributed by atoms with Crippen LogP contribution in [0.1, 0.15) is 41.5 Å². The molecule has 0 radical (unpaired) electrons. The molecule has 6 heteroatoms. The molecule has 1 saturated heterocycles. The maximum absolute atomic E-state index is 12.7. The summed E-state index contributed by atoms with van der Waals surface area (Å²) in [6.07, 6.45) is -0.598. The van der Waals surface area contributed by atoms with E-state index in [2.05, 4.69) is 4.90 Å². The summed E-state index contributed by atoms with van der Waals surface area (Å²) in [7, 11) is 0. The Hall–Kier alpha value is -3.15. The SMILES string of the molecule is CC(=O)c1ccc(OC(C)C(=O)N2CCN(c3ccc(C(C)=O)cc3)CC2)cc1. The van der Waals surface area contributed by atoms with E-state index in [1.165, 1.54) is 6.92 Å². The fourth-order valence-corrected chi connectivity index (χ4v) is 3.37. The first-order valence-corrected chi connectivity index (χ1v) is 9.77. The lowest BCUT2D eigenvalue weighted by atomic mass is 10.1. The van der Waals surface area contributed by atoms with Crippen LogP contribution >= 0.6 is 0 Å². The van der Waals surface area contributed by atoms with E-state index in [9.17, 15) is 14.4 Å². The van der Waals surface area contributed by atoms with Gasteiger partial charge < -0.3 is 14.5 Å². The van der Waals surface area contributed by atoms with Gasteiger partial charge in [-0.15, -0.1) is 0 Å². The molecule has 29 heavy (non-hydrogen) atoms. The molecule has 2 aromatic carbocycles. The fourth-order valence-electron chi connectivity index (χ4n) is 3.37. The number of carbonyl (C=O) groups is 3. The van der Waals surface area contributed by atoms with E-state index < -0.39 is 6.10 Å². The lowest BCUT2D eigenvalue weighted by Gasteiger charge is -2.37. The Morgan fingerprint density at radius 1 is 0.793 bits per heavy atom. The van der Waals surface area contributed by atoms with Crippen LogP contribution in [0, 0.1) is 0 Å². The average Bonchev–Trinajstić information content (AvgIpc) is 2.73. The van der Waals surface area contributed by atoms with Crippen molar-refractivity contribution < 1.29 is 19.1 Å². The van der Waals surface area contributed by atoms with Gasteiger partial charge in [0.2, 0.25) is 0 Å². The van der Waals surface area contributed by atoms with E-state index in [0.717, 1.165) is 18.8 Å². The smallest absolute Gasteiger partial charge is 0.263 e. The molecule has 0 spiro atoms. The van der Waals surface area contributed by atoms with Crippen molar-refractivity contribution in [2.24, 2.45) is 0 Å².